The molecule has 0 radical (unpaired) electrons. The monoisotopic (exact) mass is 290 g/mol. The molecule has 0 bridgehead atoms. The van der Waals surface area contributed by atoms with Crippen molar-refractivity contribution in [2.75, 3.05) is 18.6 Å². The van der Waals surface area contributed by atoms with Crippen molar-refractivity contribution >= 4 is 15.9 Å². The molecule has 1 saturated carbocycles. The lowest BCUT2D eigenvalue weighted by Gasteiger charge is -2.28. The Labute approximate surface area is 116 Å². The fourth-order valence-electron chi connectivity index (χ4n) is 2.55. The molecule has 0 aromatic rings. The lowest BCUT2D eigenvalue weighted by atomic mass is 9.85. The van der Waals surface area contributed by atoms with Crippen molar-refractivity contribution in [2.24, 2.45) is 5.92 Å². The van der Waals surface area contributed by atoms with E-state index in [1.165, 1.54) is 38.4 Å². The maximum atomic E-state index is 11.6. The van der Waals surface area contributed by atoms with Gasteiger partial charge in [-0.25, -0.2) is 13.2 Å². The summed E-state index contributed by atoms with van der Waals surface area (Å²) in [6.45, 7) is 2.45. The Morgan fingerprint density at radius 3 is 2.47 bits per heavy atom. The predicted molar refractivity (Wildman–Crippen MR) is 76.9 cm³/mol. The summed E-state index contributed by atoms with van der Waals surface area (Å²) in [5.41, 5.74) is 0. The number of hydrogen-bond donors (Lipinski definition) is 2. The second-order valence-corrected chi connectivity index (χ2v) is 7.83. The highest BCUT2D eigenvalue weighted by molar-refractivity contribution is 7.90. The van der Waals surface area contributed by atoms with E-state index in [0.717, 1.165) is 0 Å². The number of carbonyl (C=O) groups excluding carboxylic acids is 1. The molecule has 0 aromatic heterocycles. The Bertz CT molecular complexity index is 375. The molecule has 2 N–H and O–H groups in total. The molecule has 0 unspecified atom stereocenters. The van der Waals surface area contributed by atoms with Crippen molar-refractivity contribution in [3.05, 3.63) is 0 Å². The molecule has 0 aliphatic heterocycles. The van der Waals surface area contributed by atoms with Crippen molar-refractivity contribution in [1.82, 2.24) is 10.6 Å². The molecular formula is C13H26N2O3S. The van der Waals surface area contributed by atoms with E-state index in [1.54, 1.807) is 0 Å². The van der Waals surface area contributed by atoms with E-state index in [4.69, 9.17) is 0 Å². The lowest BCUT2D eigenvalue weighted by Crippen LogP contribution is -2.44. The SMILES string of the molecule is C[C@H](NC(=O)NCCCS(C)(=O)=O)C1CCCCC1. The van der Waals surface area contributed by atoms with Gasteiger partial charge in [-0.1, -0.05) is 19.3 Å². The second kappa shape index (κ2) is 7.72. The fraction of sp³-hybridized carbons (Fsp3) is 0.923. The van der Waals surface area contributed by atoms with Gasteiger partial charge in [-0.3, -0.25) is 0 Å². The minimum atomic E-state index is -2.93. The van der Waals surface area contributed by atoms with Crippen LogP contribution in [0.1, 0.15) is 45.4 Å². The van der Waals surface area contributed by atoms with Crippen LogP contribution in [-0.4, -0.2) is 39.0 Å². The van der Waals surface area contributed by atoms with Crippen molar-refractivity contribution in [3.8, 4) is 0 Å². The van der Waals surface area contributed by atoms with E-state index >= 15 is 0 Å². The van der Waals surface area contributed by atoms with Gasteiger partial charge in [0, 0.05) is 18.8 Å². The van der Waals surface area contributed by atoms with Crippen molar-refractivity contribution < 1.29 is 13.2 Å². The van der Waals surface area contributed by atoms with Gasteiger partial charge in [-0.05, 0) is 32.1 Å². The van der Waals surface area contributed by atoms with Gasteiger partial charge in [-0.15, -0.1) is 0 Å². The summed E-state index contributed by atoms with van der Waals surface area (Å²) in [4.78, 5) is 11.6. The molecule has 1 rings (SSSR count). The van der Waals surface area contributed by atoms with E-state index < -0.39 is 9.84 Å². The molecule has 1 atom stereocenters. The molecule has 0 saturated heterocycles. The van der Waals surface area contributed by atoms with Crippen LogP contribution in [0.5, 0.6) is 0 Å². The number of hydrogen-bond acceptors (Lipinski definition) is 3. The Kier molecular flexibility index (Phi) is 6.62. The Hall–Kier alpha value is -0.780. The minimum Gasteiger partial charge on any atom is -0.338 e. The number of carbonyl (C=O) groups is 1. The van der Waals surface area contributed by atoms with E-state index in [9.17, 15) is 13.2 Å². The minimum absolute atomic E-state index is 0.117. The van der Waals surface area contributed by atoms with E-state index in [2.05, 4.69) is 10.6 Å². The summed E-state index contributed by atoms with van der Waals surface area (Å²) in [5.74, 6) is 0.696. The zero-order valence-electron chi connectivity index (χ0n) is 11.9. The van der Waals surface area contributed by atoms with Gasteiger partial charge >= 0.3 is 6.03 Å². The molecule has 0 aromatic carbocycles. The average molecular weight is 290 g/mol. The summed E-state index contributed by atoms with van der Waals surface area (Å²) >= 11 is 0. The summed E-state index contributed by atoms with van der Waals surface area (Å²) < 4.78 is 21.9. The van der Waals surface area contributed by atoms with Crippen molar-refractivity contribution in [2.45, 2.75) is 51.5 Å². The topological polar surface area (TPSA) is 75.3 Å². The zero-order valence-corrected chi connectivity index (χ0v) is 12.8. The van der Waals surface area contributed by atoms with Crippen LogP contribution in [0.25, 0.3) is 0 Å². The number of rotatable bonds is 6. The maximum Gasteiger partial charge on any atom is 0.315 e. The highest BCUT2D eigenvalue weighted by Crippen LogP contribution is 2.26. The van der Waals surface area contributed by atoms with Crippen molar-refractivity contribution in [3.63, 3.8) is 0 Å². The zero-order chi connectivity index (χ0) is 14.3. The van der Waals surface area contributed by atoms with E-state index in [0.29, 0.717) is 18.9 Å². The molecule has 112 valence electrons. The molecule has 5 nitrogen and oxygen atoms in total. The first-order chi connectivity index (χ1) is 8.88. The molecule has 0 spiro atoms. The molecule has 1 aliphatic rings. The van der Waals surface area contributed by atoms with Crippen molar-refractivity contribution in [1.29, 1.82) is 0 Å². The van der Waals surface area contributed by atoms with Crippen LogP contribution in [0.4, 0.5) is 4.79 Å². The number of nitrogens with one attached hydrogen (secondary N) is 2. The van der Waals surface area contributed by atoms with Gasteiger partial charge in [-0.2, -0.15) is 0 Å². The van der Waals surface area contributed by atoms with Gasteiger partial charge in [0.05, 0.1) is 5.75 Å². The van der Waals surface area contributed by atoms with Gasteiger partial charge in [0.2, 0.25) is 0 Å². The molecular weight excluding hydrogens is 264 g/mol. The van der Waals surface area contributed by atoms with Crippen LogP contribution >= 0.6 is 0 Å². The normalized spacial score (nSPS) is 18.8. The summed E-state index contributed by atoms with van der Waals surface area (Å²) in [7, 11) is -2.93. The van der Waals surface area contributed by atoms with Gasteiger partial charge in [0.1, 0.15) is 9.84 Å². The van der Waals surface area contributed by atoms with E-state index in [1.807, 2.05) is 6.92 Å². The van der Waals surface area contributed by atoms with Crippen LogP contribution in [-0.2, 0) is 9.84 Å². The van der Waals surface area contributed by atoms with E-state index in [-0.39, 0.29) is 17.8 Å². The first-order valence-electron chi connectivity index (χ1n) is 7.10. The molecule has 19 heavy (non-hydrogen) atoms. The third-order valence-electron chi connectivity index (χ3n) is 3.69. The highest BCUT2D eigenvalue weighted by atomic mass is 32.2. The first-order valence-corrected chi connectivity index (χ1v) is 9.16. The third-order valence-corrected chi connectivity index (χ3v) is 4.72. The molecule has 6 heteroatoms. The smallest absolute Gasteiger partial charge is 0.315 e. The summed E-state index contributed by atoms with van der Waals surface area (Å²) in [6, 6.07) is 0.00165. The molecule has 2 amide bonds. The summed E-state index contributed by atoms with van der Waals surface area (Å²) in [5, 5.41) is 5.66. The van der Waals surface area contributed by atoms with Crippen LogP contribution in [0.2, 0.25) is 0 Å². The molecule has 1 aliphatic carbocycles. The van der Waals surface area contributed by atoms with Crippen LogP contribution in [0, 0.1) is 5.92 Å². The fourth-order valence-corrected chi connectivity index (χ4v) is 3.21. The van der Waals surface area contributed by atoms with Crippen LogP contribution in [0.3, 0.4) is 0 Å². The Morgan fingerprint density at radius 2 is 1.89 bits per heavy atom. The molecule has 0 heterocycles. The number of sulfone groups is 1. The predicted octanol–water partition coefficient (Wildman–Crippen LogP) is 1.69. The van der Waals surface area contributed by atoms with Gasteiger partial charge < -0.3 is 10.6 Å². The van der Waals surface area contributed by atoms with Crippen LogP contribution in [0.15, 0.2) is 0 Å². The van der Waals surface area contributed by atoms with Crippen LogP contribution < -0.4 is 10.6 Å². The molecule has 1 fully saturated rings. The van der Waals surface area contributed by atoms with Gasteiger partial charge in [0.15, 0.2) is 0 Å². The second-order valence-electron chi connectivity index (χ2n) is 5.57. The summed E-state index contributed by atoms with van der Waals surface area (Å²) in [6.07, 6.45) is 7.87. The highest BCUT2D eigenvalue weighted by Gasteiger charge is 2.21. The number of urea groups is 1. The lowest BCUT2D eigenvalue weighted by molar-refractivity contribution is 0.225. The first kappa shape index (κ1) is 16.3. The largest absolute Gasteiger partial charge is 0.338 e. The quantitative estimate of drug-likeness (QED) is 0.731. The number of amides is 2. The third kappa shape index (κ3) is 7.40. The maximum absolute atomic E-state index is 11.6. The van der Waals surface area contributed by atoms with Gasteiger partial charge in [0.25, 0.3) is 0 Å². The standard InChI is InChI=1S/C13H26N2O3S/c1-11(12-7-4-3-5-8-12)15-13(16)14-9-6-10-19(2,17)18/h11-12H,3-10H2,1-2H3,(H2,14,15,16)/t11-/m0/s1. The Balaban J connectivity index is 2.16. The average Bonchev–Trinajstić information content (AvgIpc) is 2.34. The Morgan fingerprint density at radius 1 is 1.26 bits per heavy atom.